The van der Waals surface area contributed by atoms with E-state index in [1.165, 1.54) is 4.57 Å². The highest BCUT2D eigenvalue weighted by molar-refractivity contribution is 5.10. The van der Waals surface area contributed by atoms with Gasteiger partial charge in [0, 0.05) is 12.7 Å². The third kappa shape index (κ3) is 4.02. The van der Waals surface area contributed by atoms with Gasteiger partial charge in [0.15, 0.2) is 0 Å². The largest absolute Gasteiger partial charge is 0.370 e. The van der Waals surface area contributed by atoms with E-state index in [-0.39, 0.29) is 23.5 Å². The van der Waals surface area contributed by atoms with E-state index in [2.05, 4.69) is 32.3 Å². The fourth-order valence-electron chi connectivity index (χ4n) is 3.17. The summed E-state index contributed by atoms with van der Waals surface area (Å²) in [5.74, 6) is 1.06. The molecule has 0 radical (unpaired) electrons. The molecule has 1 aliphatic rings. The number of aryl methyl sites for hydroxylation is 1. The molecule has 0 saturated carbocycles. The predicted octanol–water partition coefficient (Wildman–Crippen LogP) is 3.02. The minimum absolute atomic E-state index is 0.183. The van der Waals surface area contributed by atoms with Crippen molar-refractivity contribution in [1.29, 1.82) is 0 Å². The number of ether oxygens (including phenoxy) is 1. The number of aromatic amines is 1. The number of aromatic nitrogens is 2. The Morgan fingerprint density at radius 2 is 2.17 bits per heavy atom. The second-order valence-corrected chi connectivity index (χ2v) is 6.60. The molecule has 1 aromatic rings. The van der Waals surface area contributed by atoms with E-state index in [0.717, 1.165) is 19.3 Å². The first kappa shape index (κ1) is 17.7. The predicted molar refractivity (Wildman–Crippen MR) is 91.6 cm³/mol. The lowest BCUT2D eigenvalue weighted by molar-refractivity contribution is -0.00110. The van der Waals surface area contributed by atoms with Crippen LogP contribution < -0.4 is 11.2 Å². The lowest BCUT2D eigenvalue weighted by atomic mass is 9.87. The number of hydrogen-bond acceptors (Lipinski definition) is 3. The number of hydrogen-bond donors (Lipinski definition) is 1. The average molecular weight is 320 g/mol. The van der Waals surface area contributed by atoms with Crippen LogP contribution in [0.25, 0.3) is 0 Å². The van der Waals surface area contributed by atoms with Crippen molar-refractivity contribution < 1.29 is 4.74 Å². The molecular weight excluding hydrogens is 292 g/mol. The summed E-state index contributed by atoms with van der Waals surface area (Å²) < 4.78 is 7.69. The van der Waals surface area contributed by atoms with Crippen molar-refractivity contribution in [2.45, 2.75) is 65.2 Å². The van der Waals surface area contributed by atoms with Crippen molar-refractivity contribution in [3.63, 3.8) is 0 Å². The van der Waals surface area contributed by atoms with Crippen LogP contribution >= 0.6 is 0 Å². The molecule has 0 aliphatic carbocycles. The van der Waals surface area contributed by atoms with Crippen LogP contribution in [0.2, 0.25) is 0 Å². The first-order chi connectivity index (χ1) is 11.0. The van der Waals surface area contributed by atoms with Crippen LogP contribution in [0, 0.1) is 11.8 Å². The van der Waals surface area contributed by atoms with Crippen molar-refractivity contribution in [3.05, 3.63) is 45.3 Å². The minimum atomic E-state index is -0.372. The van der Waals surface area contributed by atoms with E-state index in [1.54, 1.807) is 12.3 Å². The van der Waals surface area contributed by atoms with Gasteiger partial charge in [0.1, 0.15) is 0 Å². The zero-order valence-corrected chi connectivity index (χ0v) is 14.4. The summed E-state index contributed by atoms with van der Waals surface area (Å²) in [5.41, 5.74) is -0.137. The van der Waals surface area contributed by atoms with Gasteiger partial charge in [-0.05, 0) is 31.1 Å². The van der Waals surface area contributed by atoms with Crippen LogP contribution in [-0.2, 0) is 11.3 Å². The average Bonchev–Trinajstić information content (AvgIpc) is 3.02. The lowest BCUT2D eigenvalue weighted by Gasteiger charge is -2.25. The third-order valence-electron chi connectivity index (χ3n) is 5.14. The van der Waals surface area contributed by atoms with Crippen LogP contribution in [-0.4, -0.2) is 15.7 Å². The van der Waals surface area contributed by atoms with Crippen LogP contribution in [0.4, 0.5) is 0 Å². The summed E-state index contributed by atoms with van der Waals surface area (Å²) in [6, 6.07) is 0. The molecule has 1 aromatic heterocycles. The molecule has 2 rings (SSSR count). The smallest absolute Gasteiger partial charge is 0.328 e. The van der Waals surface area contributed by atoms with Gasteiger partial charge < -0.3 is 4.74 Å². The Hall–Kier alpha value is -1.62. The van der Waals surface area contributed by atoms with Crippen LogP contribution in [0.5, 0.6) is 0 Å². The van der Waals surface area contributed by atoms with Crippen molar-refractivity contribution in [1.82, 2.24) is 9.55 Å². The summed E-state index contributed by atoms with van der Waals surface area (Å²) in [6.45, 7) is 10.8. The van der Waals surface area contributed by atoms with E-state index in [4.69, 9.17) is 4.74 Å². The van der Waals surface area contributed by atoms with Gasteiger partial charge in [0.25, 0.3) is 5.56 Å². The normalized spacial score (nSPS) is 23.6. The van der Waals surface area contributed by atoms with Crippen LogP contribution in [0.3, 0.4) is 0 Å². The Kier molecular flexibility index (Phi) is 5.99. The first-order valence-electron chi connectivity index (χ1n) is 8.57. The Morgan fingerprint density at radius 1 is 1.43 bits per heavy atom. The number of rotatable bonds is 7. The number of allylic oxidation sites excluding steroid dienone is 1. The van der Waals surface area contributed by atoms with E-state index in [9.17, 15) is 9.59 Å². The van der Waals surface area contributed by atoms with Crippen molar-refractivity contribution in [2.75, 3.05) is 0 Å². The van der Waals surface area contributed by atoms with Crippen molar-refractivity contribution >= 4 is 0 Å². The summed E-state index contributed by atoms with van der Waals surface area (Å²) in [5, 5.41) is 0. The fraction of sp³-hybridized carbons (Fsp3) is 0.667. The Labute approximate surface area is 137 Å². The molecule has 0 amide bonds. The molecule has 3 unspecified atom stereocenters. The SMILES string of the molecule is C=CCCn1cc([C@H]2CCC(C(C)C(C)CC)O2)c(=O)[nH]c1=O. The maximum Gasteiger partial charge on any atom is 0.328 e. The molecule has 0 bridgehead atoms. The molecule has 0 spiro atoms. The highest BCUT2D eigenvalue weighted by atomic mass is 16.5. The third-order valence-corrected chi connectivity index (χ3v) is 5.14. The van der Waals surface area contributed by atoms with Gasteiger partial charge in [-0.25, -0.2) is 4.79 Å². The quantitative estimate of drug-likeness (QED) is 0.785. The van der Waals surface area contributed by atoms with Gasteiger partial charge in [-0.15, -0.1) is 6.58 Å². The molecule has 0 aromatic carbocycles. The van der Waals surface area contributed by atoms with Gasteiger partial charge >= 0.3 is 5.69 Å². The Bertz CT molecular complexity index is 646. The molecule has 5 heteroatoms. The number of nitrogens with zero attached hydrogens (tertiary/aromatic N) is 1. The van der Waals surface area contributed by atoms with Crippen molar-refractivity contribution in [3.8, 4) is 0 Å². The molecule has 1 N–H and O–H groups in total. The van der Waals surface area contributed by atoms with E-state index < -0.39 is 0 Å². The van der Waals surface area contributed by atoms with E-state index >= 15 is 0 Å². The van der Waals surface area contributed by atoms with Gasteiger partial charge in [0.2, 0.25) is 0 Å². The maximum atomic E-state index is 12.2. The number of nitrogens with one attached hydrogen (secondary N) is 1. The molecule has 2 heterocycles. The maximum absolute atomic E-state index is 12.2. The standard InChI is InChI=1S/C18H28N2O3/c1-5-7-10-20-11-14(17(21)19-18(20)22)16-9-8-15(23-16)13(4)12(3)6-2/h5,11-13,15-16H,1,6-10H2,2-4H3,(H,19,21,22)/t12?,13?,15?,16-/m1/s1. The molecule has 1 aliphatic heterocycles. The number of H-pyrrole nitrogens is 1. The molecule has 1 saturated heterocycles. The van der Waals surface area contributed by atoms with Gasteiger partial charge in [0.05, 0.1) is 17.8 Å². The minimum Gasteiger partial charge on any atom is -0.370 e. The molecule has 4 atom stereocenters. The molecule has 128 valence electrons. The van der Waals surface area contributed by atoms with E-state index in [1.807, 2.05) is 0 Å². The topological polar surface area (TPSA) is 64.1 Å². The van der Waals surface area contributed by atoms with Crippen molar-refractivity contribution in [2.24, 2.45) is 11.8 Å². The van der Waals surface area contributed by atoms with Gasteiger partial charge in [-0.3, -0.25) is 14.3 Å². The van der Waals surface area contributed by atoms with Gasteiger partial charge in [-0.1, -0.05) is 33.3 Å². The Morgan fingerprint density at radius 3 is 2.83 bits per heavy atom. The first-order valence-corrected chi connectivity index (χ1v) is 8.57. The Balaban J connectivity index is 2.18. The molecule has 1 fully saturated rings. The van der Waals surface area contributed by atoms with Crippen LogP contribution in [0.1, 0.15) is 58.1 Å². The fourth-order valence-corrected chi connectivity index (χ4v) is 3.17. The highest BCUT2D eigenvalue weighted by Crippen LogP contribution is 2.36. The van der Waals surface area contributed by atoms with E-state index in [0.29, 0.717) is 30.4 Å². The summed E-state index contributed by atoms with van der Waals surface area (Å²) in [7, 11) is 0. The summed E-state index contributed by atoms with van der Waals surface area (Å²) in [4.78, 5) is 26.4. The molecular formula is C18H28N2O3. The summed E-state index contributed by atoms with van der Waals surface area (Å²) in [6.07, 6.45) is 6.98. The molecule has 5 nitrogen and oxygen atoms in total. The zero-order valence-electron chi connectivity index (χ0n) is 14.4. The summed E-state index contributed by atoms with van der Waals surface area (Å²) >= 11 is 0. The van der Waals surface area contributed by atoms with Crippen LogP contribution in [0.15, 0.2) is 28.4 Å². The second kappa shape index (κ2) is 7.77. The second-order valence-electron chi connectivity index (χ2n) is 6.60. The zero-order chi connectivity index (χ0) is 17.0. The lowest BCUT2D eigenvalue weighted by Crippen LogP contribution is -2.33. The van der Waals surface area contributed by atoms with Gasteiger partial charge in [-0.2, -0.15) is 0 Å². The monoisotopic (exact) mass is 320 g/mol. The highest BCUT2D eigenvalue weighted by Gasteiger charge is 2.33. The molecule has 23 heavy (non-hydrogen) atoms.